The summed E-state index contributed by atoms with van der Waals surface area (Å²) in [6, 6.07) is 14.9. The third kappa shape index (κ3) is 5.47. The van der Waals surface area contributed by atoms with E-state index in [4.69, 9.17) is 9.15 Å². The zero-order chi connectivity index (χ0) is 27.2. The van der Waals surface area contributed by atoms with E-state index in [1.807, 2.05) is 6.07 Å². The highest BCUT2D eigenvalue weighted by Gasteiger charge is 2.40. The molecule has 12 nitrogen and oxygen atoms in total. The molecule has 12 heteroatoms. The average molecular weight is 514 g/mol. The molecule has 0 spiro atoms. The van der Waals surface area contributed by atoms with Gasteiger partial charge in [0.15, 0.2) is 0 Å². The van der Waals surface area contributed by atoms with E-state index in [0.29, 0.717) is 11.3 Å². The van der Waals surface area contributed by atoms with Gasteiger partial charge in [0.25, 0.3) is 23.4 Å². The third-order valence-electron chi connectivity index (χ3n) is 5.50. The highest BCUT2D eigenvalue weighted by Crippen LogP contribution is 2.30. The minimum Gasteiger partial charge on any atom is -0.467 e. The molecule has 0 unspecified atom stereocenters. The lowest BCUT2D eigenvalue weighted by molar-refractivity contribution is -0.385. The zero-order valence-electron chi connectivity index (χ0n) is 19.6. The number of nitriles is 1. The van der Waals surface area contributed by atoms with E-state index in [2.05, 4.69) is 5.32 Å². The molecular weight excluding hydrogens is 496 g/mol. The lowest BCUT2D eigenvalue weighted by Gasteiger charge is -2.13. The standard InChI is InChI=1S/C26H18N4O8/c27-14-17(24(32)28-15-19-3-2-12-37-19)13-16-6-8-18(9-7-16)38-22(31)10-11-29-25(33)20-4-1-5-21(30(35)36)23(20)26(29)34/h1-9,12-13H,10-11,15H2,(H,28,32)/b17-13+. The van der Waals surface area contributed by atoms with Crippen molar-refractivity contribution in [2.45, 2.75) is 13.0 Å². The van der Waals surface area contributed by atoms with Crippen molar-refractivity contribution in [3.05, 3.63) is 99.0 Å². The molecule has 3 aromatic rings. The molecule has 1 aromatic heterocycles. The summed E-state index contributed by atoms with van der Waals surface area (Å²) in [6.45, 7) is -0.195. The third-order valence-corrected chi connectivity index (χ3v) is 5.50. The number of benzene rings is 2. The fraction of sp³-hybridized carbons (Fsp3) is 0.115. The normalized spacial score (nSPS) is 12.6. The molecule has 1 aliphatic heterocycles. The Balaban J connectivity index is 1.33. The molecule has 190 valence electrons. The molecular formula is C26H18N4O8. The monoisotopic (exact) mass is 514 g/mol. The SMILES string of the molecule is N#C/C(=C\c1ccc(OC(=O)CCN2C(=O)c3cccc([N+](=O)[O-])c3C2=O)cc1)C(=O)NCc1ccco1. The second kappa shape index (κ2) is 11.0. The van der Waals surface area contributed by atoms with Crippen LogP contribution in [0.25, 0.3) is 6.08 Å². The van der Waals surface area contributed by atoms with Gasteiger partial charge in [0.05, 0.1) is 29.7 Å². The van der Waals surface area contributed by atoms with Crippen molar-refractivity contribution < 1.29 is 33.3 Å². The van der Waals surface area contributed by atoms with Crippen LogP contribution >= 0.6 is 0 Å². The number of fused-ring (bicyclic) bond motifs is 1. The number of hydrogen-bond donors (Lipinski definition) is 1. The predicted octanol–water partition coefficient (Wildman–Crippen LogP) is 3.00. The molecule has 3 amide bonds. The minimum absolute atomic E-state index is 0.0902. The molecule has 4 rings (SSSR count). The van der Waals surface area contributed by atoms with Gasteiger partial charge in [0, 0.05) is 12.6 Å². The van der Waals surface area contributed by atoms with E-state index in [0.717, 1.165) is 11.0 Å². The number of esters is 1. The summed E-state index contributed by atoms with van der Waals surface area (Å²) in [5.41, 5.74) is -0.502. The van der Waals surface area contributed by atoms with Crippen LogP contribution in [0, 0.1) is 21.4 Å². The summed E-state index contributed by atoms with van der Waals surface area (Å²) in [5.74, 6) is -2.20. The van der Waals surface area contributed by atoms with Crippen LogP contribution in [0.15, 0.2) is 70.9 Å². The first kappa shape index (κ1) is 25.5. The zero-order valence-corrected chi connectivity index (χ0v) is 19.6. The van der Waals surface area contributed by atoms with Gasteiger partial charge in [-0.2, -0.15) is 5.26 Å². The molecule has 1 aliphatic rings. The van der Waals surface area contributed by atoms with Gasteiger partial charge in [-0.05, 0) is 42.0 Å². The maximum Gasteiger partial charge on any atom is 0.312 e. The van der Waals surface area contributed by atoms with E-state index < -0.39 is 34.3 Å². The second-order valence-electron chi connectivity index (χ2n) is 7.94. The second-order valence-corrected chi connectivity index (χ2v) is 7.94. The van der Waals surface area contributed by atoms with Crippen LogP contribution < -0.4 is 10.1 Å². The van der Waals surface area contributed by atoms with Gasteiger partial charge < -0.3 is 14.5 Å². The molecule has 0 radical (unpaired) electrons. The number of nitro groups is 1. The maximum atomic E-state index is 12.6. The van der Waals surface area contributed by atoms with Crippen LogP contribution in [0.2, 0.25) is 0 Å². The first-order valence-corrected chi connectivity index (χ1v) is 11.1. The molecule has 0 fully saturated rings. The largest absolute Gasteiger partial charge is 0.467 e. The lowest BCUT2D eigenvalue weighted by Crippen LogP contribution is -2.32. The van der Waals surface area contributed by atoms with Crippen molar-refractivity contribution in [2.24, 2.45) is 0 Å². The summed E-state index contributed by atoms with van der Waals surface area (Å²) in [5, 5.41) is 23.1. The molecule has 2 aromatic carbocycles. The Morgan fingerprint density at radius 3 is 2.53 bits per heavy atom. The average Bonchev–Trinajstić information content (AvgIpc) is 3.52. The van der Waals surface area contributed by atoms with Crippen LogP contribution in [0.4, 0.5) is 5.69 Å². The first-order valence-electron chi connectivity index (χ1n) is 11.1. The summed E-state index contributed by atoms with van der Waals surface area (Å²) in [7, 11) is 0. The molecule has 0 saturated heterocycles. The van der Waals surface area contributed by atoms with E-state index in [1.54, 1.807) is 12.1 Å². The molecule has 38 heavy (non-hydrogen) atoms. The van der Waals surface area contributed by atoms with Gasteiger partial charge in [0.2, 0.25) is 0 Å². The quantitative estimate of drug-likeness (QED) is 0.0856. The minimum atomic E-state index is -0.845. The van der Waals surface area contributed by atoms with E-state index in [-0.39, 0.29) is 42.0 Å². The highest BCUT2D eigenvalue weighted by atomic mass is 16.6. The van der Waals surface area contributed by atoms with Crippen LogP contribution in [-0.4, -0.2) is 40.1 Å². The van der Waals surface area contributed by atoms with Crippen molar-refractivity contribution in [1.29, 1.82) is 5.26 Å². The van der Waals surface area contributed by atoms with E-state index in [1.165, 1.54) is 48.7 Å². The maximum absolute atomic E-state index is 12.6. The Morgan fingerprint density at radius 1 is 1.11 bits per heavy atom. The molecule has 2 heterocycles. The summed E-state index contributed by atoms with van der Waals surface area (Å²) in [6.07, 6.45) is 2.50. The van der Waals surface area contributed by atoms with Crippen LogP contribution in [0.1, 0.15) is 38.5 Å². The summed E-state index contributed by atoms with van der Waals surface area (Å²) < 4.78 is 10.4. The van der Waals surface area contributed by atoms with Gasteiger partial charge in [0.1, 0.15) is 28.7 Å². The number of nitro benzene ring substituents is 1. The van der Waals surface area contributed by atoms with E-state index in [9.17, 15) is 34.6 Å². The van der Waals surface area contributed by atoms with Crippen molar-refractivity contribution in [3.63, 3.8) is 0 Å². The Labute approximate surface area is 214 Å². The Morgan fingerprint density at radius 2 is 1.87 bits per heavy atom. The number of ether oxygens (including phenoxy) is 1. The van der Waals surface area contributed by atoms with E-state index >= 15 is 0 Å². The van der Waals surface area contributed by atoms with Crippen molar-refractivity contribution >= 4 is 35.5 Å². The number of amides is 3. The number of nitrogens with zero attached hydrogens (tertiary/aromatic N) is 3. The molecule has 0 atom stereocenters. The Bertz CT molecular complexity index is 1500. The number of nitrogens with one attached hydrogen (secondary N) is 1. The summed E-state index contributed by atoms with van der Waals surface area (Å²) in [4.78, 5) is 60.9. The topological polar surface area (TPSA) is 173 Å². The summed E-state index contributed by atoms with van der Waals surface area (Å²) >= 11 is 0. The molecule has 0 saturated carbocycles. The molecule has 1 N–H and O–H groups in total. The fourth-order valence-electron chi connectivity index (χ4n) is 3.68. The highest BCUT2D eigenvalue weighted by molar-refractivity contribution is 6.23. The first-order chi connectivity index (χ1) is 18.3. The lowest BCUT2D eigenvalue weighted by atomic mass is 10.1. The molecule has 0 aliphatic carbocycles. The van der Waals surface area contributed by atoms with Gasteiger partial charge >= 0.3 is 5.97 Å². The van der Waals surface area contributed by atoms with Gasteiger partial charge in [-0.15, -0.1) is 0 Å². The number of furan rings is 1. The van der Waals surface area contributed by atoms with Crippen molar-refractivity contribution in [2.75, 3.05) is 6.54 Å². The Hall–Kier alpha value is -5.57. The number of hydrogen-bond acceptors (Lipinski definition) is 9. The van der Waals surface area contributed by atoms with Crippen LogP contribution in [-0.2, 0) is 16.1 Å². The number of imide groups is 1. The predicted molar refractivity (Wildman–Crippen MR) is 129 cm³/mol. The van der Waals surface area contributed by atoms with Gasteiger partial charge in [-0.1, -0.05) is 18.2 Å². The van der Waals surface area contributed by atoms with Crippen molar-refractivity contribution in [1.82, 2.24) is 10.2 Å². The number of carbonyl (C=O) groups excluding carboxylic acids is 4. The van der Waals surface area contributed by atoms with Crippen LogP contribution in [0.3, 0.4) is 0 Å². The molecule has 0 bridgehead atoms. The van der Waals surface area contributed by atoms with Gasteiger partial charge in [-0.3, -0.25) is 34.2 Å². The van der Waals surface area contributed by atoms with Gasteiger partial charge in [-0.25, -0.2) is 0 Å². The number of rotatable bonds is 9. The Kier molecular flexibility index (Phi) is 7.39. The smallest absolute Gasteiger partial charge is 0.312 e. The number of carbonyl (C=O) groups is 4. The fourth-order valence-corrected chi connectivity index (χ4v) is 3.68. The van der Waals surface area contributed by atoms with Crippen molar-refractivity contribution in [3.8, 4) is 11.8 Å². The van der Waals surface area contributed by atoms with Crippen LogP contribution in [0.5, 0.6) is 5.75 Å².